The molecule has 0 heterocycles. The number of terminal acetylenes is 1. The highest BCUT2D eigenvalue weighted by molar-refractivity contribution is 7.89. The smallest absolute Gasteiger partial charge is 0.207 e. The van der Waals surface area contributed by atoms with Crippen LogP contribution in [-0.4, -0.2) is 14.5 Å². The van der Waals surface area contributed by atoms with E-state index in [1.807, 2.05) is 30.3 Å². The number of sulfonamides is 1. The van der Waals surface area contributed by atoms with Gasteiger partial charge in [0.1, 0.15) is 0 Å². The van der Waals surface area contributed by atoms with Crippen LogP contribution < -0.4 is 4.72 Å². The van der Waals surface area contributed by atoms with Gasteiger partial charge in [-0.1, -0.05) is 54.5 Å². The van der Waals surface area contributed by atoms with E-state index >= 15 is 0 Å². The van der Waals surface area contributed by atoms with Crippen LogP contribution in [0.5, 0.6) is 0 Å². The van der Waals surface area contributed by atoms with Crippen molar-refractivity contribution in [3.63, 3.8) is 0 Å². The molecule has 1 N–H and O–H groups in total. The normalized spacial score (nSPS) is 12.6. The van der Waals surface area contributed by atoms with Crippen molar-refractivity contribution in [2.75, 3.05) is 0 Å². The molecule has 2 aromatic carbocycles. The van der Waals surface area contributed by atoms with Crippen LogP contribution in [0.25, 0.3) is 0 Å². The van der Waals surface area contributed by atoms with E-state index in [0.717, 1.165) is 5.56 Å². The molecule has 0 bridgehead atoms. The second kappa shape index (κ2) is 6.38. The molecular formula is C16H15NO2S. The van der Waals surface area contributed by atoms with E-state index in [9.17, 15) is 8.42 Å². The average Bonchev–Trinajstić information content (AvgIpc) is 2.48. The summed E-state index contributed by atoms with van der Waals surface area (Å²) >= 11 is 0. The van der Waals surface area contributed by atoms with Gasteiger partial charge in [0, 0.05) is 0 Å². The highest BCUT2D eigenvalue weighted by atomic mass is 32.2. The van der Waals surface area contributed by atoms with Crippen LogP contribution in [0.2, 0.25) is 0 Å². The molecule has 0 unspecified atom stereocenters. The number of hydrogen-bond donors (Lipinski definition) is 1. The molecule has 0 spiro atoms. The fourth-order valence-electron chi connectivity index (χ4n) is 1.84. The van der Waals surface area contributed by atoms with Gasteiger partial charge < -0.3 is 0 Å². The Balaban J connectivity index is 2.13. The minimum Gasteiger partial charge on any atom is -0.207 e. The molecular weight excluding hydrogens is 270 g/mol. The molecule has 1 atom stereocenters. The fourth-order valence-corrected chi connectivity index (χ4v) is 3.02. The average molecular weight is 285 g/mol. The molecule has 0 saturated heterocycles. The van der Waals surface area contributed by atoms with Crippen molar-refractivity contribution in [1.29, 1.82) is 0 Å². The van der Waals surface area contributed by atoms with Crippen molar-refractivity contribution in [3.05, 3.63) is 66.2 Å². The molecule has 0 saturated carbocycles. The van der Waals surface area contributed by atoms with E-state index in [0.29, 0.717) is 6.42 Å². The molecule has 0 aliphatic carbocycles. The van der Waals surface area contributed by atoms with Gasteiger partial charge in [0.2, 0.25) is 10.0 Å². The van der Waals surface area contributed by atoms with Crippen LogP contribution in [0.15, 0.2) is 65.6 Å². The zero-order valence-electron chi connectivity index (χ0n) is 10.9. The molecule has 3 nitrogen and oxygen atoms in total. The third-order valence-electron chi connectivity index (χ3n) is 2.83. The van der Waals surface area contributed by atoms with Crippen molar-refractivity contribution < 1.29 is 8.42 Å². The Labute approximate surface area is 119 Å². The van der Waals surface area contributed by atoms with Gasteiger partial charge in [0.25, 0.3) is 0 Å². The minimum atomic E-state index is -3.58. The Bertz CT molecular complexity index is 688. The van der Waals surface area contributed by atoms with Crippen LogP contribution in [0, 0.1) is 12.3 Å². The van der Waals surface area contributed by atoms with E-state index in [1.165, 1.54) is 0 Å². The summed E-state index contributed by atoms with van der Waals surface area (Å²) < 4.78 is 26.9. The molecule has 0 aromatic heterocycles. The lowest BCUT2D eigenvalue weighted by Crippen LogP contribution is -2.35. The van der Waals surface area contributed by atoms with Gasteiger partial charge in [0.15, 0.2) is 0 Å². The second-order valence-corrected chi connectivity index (χ2v) is 6.06. The summed E-state index contributed by atoms with van der Waals surface area (Å²) in [5.41, 5.74) is 0.992. The molecule has 4 heteroatoms. The molecule has 0 aliphatic rings. The molecule has 0 fully saturated rings. The van der Waals surface area contributed by atoms with Gasteiger partial charge >= 0.3 is 0 Å². The van der Waals surface area contributed by atoms with Crippen LogP contribution in [0.3, 0.4) is 0 Å². The Morgan fingerprint density at radius 1 is 1.00 bits per heavy atom. The van der Waals surface area contributed by atoms with Crippen LogP contribution in [0.1, 0.15) is 5.56 Å². The van der Waals surface area contributed by atoms with Gasteiger partial charge in [-0.3, -0.25) is 0 Å². The first-order valence-electron chi connectivity index (χ1n) is 6.19. The van der Waals surface area contributed by atoms with Crippen molar-refractivity contribution in [2.45, 2.75) is 17.4 Å². The quantitative estimate of drug-likeness (QED) is 0.856. The highest BCUT2D eigenvalue weighted by Crippen LogP contribution is 2.10. The molecule has 102 valence electrons. The number of benzene rings is 2. The zero-order valence-corrected chi connectivity index (χ0v) is 11.7. The maximum absolute atomic E-state index is 12.2. The van der Waals surface area contributed by atoms with Gasteiger partial charge in [0.05, 0.1) is 10.9 Å². The third kappa shape index (κ3) is 3.70. The molecule has 2 rings (SSSR count). The summed E-state index contributed by atoms with van der Waals surface area (Å²) in [5, 5.41) is 0. The van der Waals surface area contributed by atoms with Gasteiger partial charge in [-0.25, -0.2) is 8.42 Å². The largest absolute Gasteiger partial charge is 0.241 e. The Hall–Kier alpha value is -2.09. The van der Waals surface area contributed by atoms with Gasteiger partial charge in [-0.05, 0) is 24.1 Å². The topological polar surface area (TPSA) is 46.2 Å². The maximum Gasteiger partial charge on any atom is 0.241 e. The molecule has 0 radical (unpaired) electrons. The minimum absolute atomic E-state index is 0.216. The summed E-state index contributed by atoms with van der Waals surface area (Å²) in [6, 6.07) is 17.2. The van der Waals surface area contributed by atoms with E-state index in [2.05, 4.69) is 10.6 Å². The molecule has 0 aliphatic heterocycles. The lowest BCUT2D eigenvalue weighted by Gasteiger charge is -2.13. The Morgan fingerprint density at radius 3 is 2.10 bits per heavy atom. The van der Waals surface area contributed by atoms with Crippen molar-refractivity contribution >= 4 is 10.0 Å². The predicted molar refractivity (Wildman–Crippen MR) is 79.5 cm³/mol. The SMILES string of the molecule is C#C[C@H](Cc1ccccc1)NS(=O)(=O)c1ccccc1. The lowest BCUT2D eigenvalue weighted by atomic mass is 10.1. The van der Waals surface area contributed by atoms with Crippen LogP contribution >= 0.6 is 0 Å². The van der Waals surface area contributed by atoms with Crippen molar-refractivity contribution in [3.8, 4) is 12.3 Å². The maximum atomic E-state index is 12.2. The first-order chi connectivity index (χ1) is 9.62. The molecule has 2 aromatic rings. The van der Waals surface area contributed by atoms with Crippen molar-refractivity contribution in [1.82, 2.24) is 4.72 Å². The van der Waals surface area contributed by atoms with Gasteiger partial charge in [-0.2, -0.15) is 4.72 Å². The Kier molecular flexibility index (Phi) is 4.57. The summed E-state index contributed by atoms with van der Waals surface area (Å²) in [4.78, 5) is 0.216. The van der Waals surface area contributed by atoms with Gasteiger partial charge in [-0.15, -0.1) is 6.42 Å². The van der Waals surface area contributed by atoms with E-state index in [1.54, 1.807) is 30.3 Å². The fraction of sp³-hybridized carbons (Fsp3) is 0.125. The number of rotatable bonds is 5. The summed E-state index contributed by atoms with van der Waals surface area (Å²) in [7, 11) is -3.58. The van der Waals surface area contributed by atoms with E-state index in [4.69, 9.17) is 6.42 Å². The first-order valence-corrected chi connectivity index (χ1v) is 7.67. The van der Waals surface area contributed by atoms with E-state index < -0.39 is 16.1 Å². The standard InChI is InChI=1S/C16H15NO2S/c1-2-15(13-14-9-5-3-6-10-14)17-20(18,19)16-11-7-4-8-12-16/h1,3-12,15,17H,13H2/t15-/m1/s1. The number of nitrogens with one attached hydrogen (secondary N) is 1. The second-order valence-electron chi connectivity index (χ2n) is 4.34. The summed E-state index contributed by atoms with van der Waals surface area (Å²) in [6.07, 6.45) is 5.89. The van der Waals surface area contributed by atoms with Crippen molar-refractivity contribution in [2.24, 2.45) is 0 Å². The van der Waals surface area contributed by atoms with E-state index in [-0.39, 0.29) is 4.90 Å². The highest BCUT2D eigenvalue weighted by Gasteiger charge is 2.18. The third-order valence-corrected chi connectivity index (χ3v) is 4.32. The summed E-state index contributed by atoms with van der Waals surface area (Å²) in [5.74, 6) is 2.49. The molecule has 20 heavy (non-hydrogen) atoms. The van der Waals surface area contributed by atoms with Crippen LogP contribution in [-0.2, 0) is 16.4 Å². The predicted octanol–water partition coefficient (Wildman–Crippen LogP) is 2.21. The number of hydrogen-bond acceptors (Lipinski definition) is 2. The monoisotopic (exact) mass is 285 g/mol. The zero-order chi connectivity index (χ0) is 14.4. The summed E-state index contributed by atoms with van der Waals surface area (Å²) in [6.45, 7) is 0. The Morgan fingerprint density at radius 2 is 1.55 bits per heavy atom. The first kappa shape index (κ1) is 14.3. The van der Waals surface area contributed by atoms with Crippen LogP contribution in [0.4, 0.5) is 0 Å². The lowest BCUT2D eigenvalue weighted by molar-refractivity contribution is 0.572. The molecule has 0 amide bonds.